The lowest BCUT2D eigenvalue weighted by Gasteiger charge is -2.21. The number of nitrogens with one attached hydrogen (secondary N) is 1. The predicted octanol–water partition coefficient (Wildman–Crippen LogP) is 1.12. The van der Waals surface area contributed by atoms with Crippen LogP contribution in [0.4, 0.5) is 0 Å². The summed E-state index contributed by atoms with van der Waals surface area (Å²) in [6.45, 7) is 2.95. The number of benzene rings is 1. The van der Waals surface area contributed by atoms with E-state index in [2.05, 4.69) is 17.3 Å². The Balaban J connectivity index is 1.61. The maximum absolute atomic E-state index is 9.93. The summed E-state index contributed by atoms with van der Waals surface area (Å²) in [5.41, 5.74) is 0. The van der Waals surface area contributed by atoms with Crippen LogP contribution in [0.1, 0.15) is 12.8 Å². The van der Waals surface area contributed by atoms with Crippen molar-refractivity contribution in [2.45, 2.75) is 25.0 Å². The SMILES string of the molecule is COc1ccc(OCC(O)CNCC2CCCN2C)cc1. The standard InChI is InChI=1S/C16H26N2O3/c1-18-9-3-4-13(18)10-17-11-14(19)12-21-16-7-5-15(20-2)6-8-16/h5-8,13-14,17,19H,3-4,9-12H2,1-2H3. The number of likely N-dealkylation sites (N-methyl/N-ethyl adjacent to an activating group) is 1. The number of nitrogens with zero attached hydrogens (tertiary/aromatic N) is 1. The van der Waals surface area contributed by atoms with E-state index in [0.29, 0.717) is 19.2 Å². The van der Waals surface area contributed by atoms with Crippen LogP contribution in [-0.4, -0.2) is 62.6 Å². The summed E-state index contributed by atoms with van der Waals surface area (Å²) < 4.78 is 10.6. The molecule has 1 aliphatic heterocycles. The van der Waals surface area contributed by atoms with Crippen molar-refractivity contribution in [2.75, 3.05) is 40.4 Å². The average molecular weight is 294 g/mol. The highest BCUT2D eigenvalue weighted by molar-refractivity contribution is 5.31. The second-order valence-corrected chi connectivity index (χ2v) is 5.58. The molecule has 0 spiro atoms. The molecular weight excluding hydrogens is 268 g/mol. The normalized spacial score (nSPS) is 20.4. The molecule has 0 amide bonds. The first kappa shape index (κ1) is 16.1. The van der Waals surface area contributed by atoms with Crippen molar-refractivity contribution in [1.29, 1.82) is 0 Å². The molecule has 1 saturated heterocycles. The molecule has 5 nitrogen and oxygen atoms in total. The minimum Gasteiger partial charge on any atom is -0.497 e. The van der Waals surface area contributed by atoms with E-state index in [4.69, 9.17) is 9.47 Å². The second-order valence-electron chi connectivity index (χ2n) is 5.58. The largest absolute Gasteiger partial charge is 0.497 e. The first-order valence-electron chi connectivity index (χ1n) is 7.55. The minimum atomic E-state index is -0.501. The molecule has 0 aromatic heterocycles. The molecule has 2 unspecified atom stereocenters. The number of aliphatic hydroxyl groups is 1. The van der Waals surface area contributed by atoms with Gasteiger partial charge >= 0.3 is 0 Å². The van der Waals surface area contributed by atoms with Crippen LogP contribution >= 0.6 is 0 Å². The summed E-state index contributed by atoms with van der Waals surface area (Å²) in [6.07, 6.45) is 2.01. The molecule has 2 rings (SSSR count). The fourth-order valence-electron chi connectivity index (χ4n) is 2.58. The lowest BCUT2D eigenvalue weighted by molar-refractivity contribution is 0.105. The molecule has 1 fully saturated rings. The zero-order chi connectivity index (χ0) is 15.1. The Kier molecular flexibility index (Phi) is 6.29. The van der Waals surface area contributed by atoms with Crippen LogP contribution in [0.2, 0.25) is 0 Å². The van der Waals surface area contributed by atoms with Gasteiger partial charge in [0.1, 0.15) is 24.2 Å². The van der Waals surface area contributed by atoms with E-state index in [9.17, 15) is 5.11 Å². The number of likely N-dealkylation sites (tertiary alicyclic amines) is 1. The summed E-state index contributed by atoms with van der Waals surface area (Å²) in [5.74, 6) is 1.54. The quantitative estimate of drug-likeness (QED) is 0.752. The monoisotopic (exact) mass is 294 g/mol. The Morgan fingerprint density at radius 2 is 2.05 bits per heavy atom. The number of hydrogen-bond donors (Lipinski definition) is 2. The molecule has 21 heavy (non-hydrogen) atoms. The summed E-state index contributed by atoms with van der Waals surface area (Å²) >= 11 is 0. The van der Waals surface area contributed by atoms with Gasteiger partial charge in [0.2, 0.25) is 0 Å². The van der Waals surface area contributed by atoms with E-state index in [0.717, 1.165) is 18.0 Å². The predicted molar refractivity (Wildman–Crippen MR) is 83.0 cm³/mol. The summed E-state index contributed by atoms with van der Waals surface area (Å²) in [7, 11) is 3.79. The Labute approximate surface area is 126 Å². The van der Waals surface area contributed by atoms with E-state index in [1.165, 1.54) is 19.4 Å². The lowest BCUT2D eigenvalue weighted by Crippen LogP contribution is -2.39. The van der Waals surface area contributed by atoms with Crippen molar-refractivity contribution < 1.29 is 14.6 Å². The molecule has 0 saturated carbocycles. The van der Waals surface area contributed by atoms with Gasteiger partial charge in [0.05, 0.1) is 7.11 Å². The fourth-order valence-corrected chi connectivity index (χ4v) is 2.58. The van der Waals surface area contributed by atoms with Gasteiger partial charge in [-0.05, 0) is 50.7 Å². The minimum absolute atomic E-state index is 0.292. The van der Waals surface area contributed by atoms with Gasteiger partial charge in [-0.1, -0.05) is 0 Å². The van der Waals surface area contributed by atoms with Crippen LogP contribution in [-0.2, 0) is 0 Å². The first-order valence-corrected chi connectivity index (χ1v) is 7.55. The fraction of sp³-hybridized carbons (Fsp3) is 0.625. The van der Waals surface area contributed by atoms with Gasteiger partial charge in [-0.25, -0.2) is 0 Å². The van der Waals surface area contributed by atoms with E-state index in [-0.39, 0.29) is 0 Å². The zero-order valence-corrected chi connectivity index (χ0v) is 12.9. The third kappa shape index (κ3) is 5.19. The van der Waals surface area contributed by atoms with Crippen molar-refractivity contribution in [3.05, 3.63) is 24.3 Å². The van der Waals surface area contributed by atoms with Crippen LogP contribution in [0.15, 0.2) is 24.3 Å². The lowest BCUT2D eigenvalue weighted by atomic mass is 10.2. The molecular formula is C16H26N2O3. The maximum atomic E-state index is 9.93. The molecule has 2 atom stereocenters. The van der Waals surface area contributed by atoms with Crippen LogP contribution in [0.3, 0.4) is 0 Å². The number of ether oxygens (including phenoxy) is 2. The van der Waals surface area contributed by atoms with Crippen LogP contribution in [0.25, 0.3) is 0 Å². The van der Waals surface area contributed by atoms with E-state index >= 15 is 0 Å². The molecule has 0 bridgehead atoms. The highest BCUT2D eigenvalue weighted by Crippen LogP contribution is 2.17. The zero-order valence-electron chi connectivity index (χ0n) is 12.9. The average Bonchev–Trinajstić information content (AvgIpc) is 2.91. The Bertz CT molecular complexity index is 410. The van der Waals surface area contributed by atoms with E-state index in [1.54, 1.807) is 7.11 Å². The first-order chi connectivity index (χ1) is 10.2. The van der Waals surface area contributed by atoms with E-state index in [1.807, 2.05) is 24.3 Å². The summed E-state index contributed by atoms with van der Waals surface area (Å²) in [4.78, 5) is 2.37. The van der Waals surface area contributed by atoms with E-state index < -0.39 is 6.10 Å². The third-order valence-electron chi connectivity index (χ3n) is 3.93. The van der Waals surface area contributed by atoms with Crippen LogP contribution < -0.4 is 14.8 Å². The Morgan fingerprint density at radius 1 is 1.33 bits per heavy atom. The van der Waals surface area contributed by atoms with Gasteiger partial charge in [0.25, 0.3) is 0 Å². The molecule has 1 aromatic rings. The molecule has 5 heteroatoms. The summed E-state index contributed by atoms with van der Waals surface area (Å²) in [6, 6.07) is 7.96. The van der Waals surface area contributed by atoms with Crippen molar-refractivity contribution in [3.8, 4) is 11.5 Å². The molecule has 0 aliphatic carbocycles. The van der Waals surface area contributed by atoms with Crippen molar-refractivity contribution >= 4 is 0 Å². The molecule has 118 valence electrons. The molecule has 1 aliphatic rings. The second kappa shape index (κ2) is 8.22. The number of aliphatic hydroxyl groups excluding tert-OH is 1. The molecule has 1 heterocycles. The molecule has 0 radical (unpaired) electrons. The Morgan fingerprint density at radius 3 is 2.67 bits per heavy atom. The summed E-state index contributed by atoms with van der Waals surface area (Å²) in [5, 5.41) is 13.2. The highest BCUT2D eigenvalue weighted by atomic mass is 16.5. The van der Waals surface area contributed by atoms with Gasteiger partial charge in [0, 0.05) is 19.1 Å². The van der Waals surface area contributed by atoms with Gasteiger partial charge < -0.3 is 24.8 Å². The Hall–Kier alpha value is -1.30. The topological polar surface area (TPSA) is 54.0 Å². The third-order valence-corrected chi connectivity index (χ3v) is 3.93. The number of rotatable bonds is 8. The van der Waals surface area contributed by atoms with Gasteiger partial charge in [0.15, 0.2) is 0 Å². The smallest absolute Gasteiger partial charge is 0.119 e. The van der Waals surface area contributed by atoms with Crippen molar-refractivity contribution in [3.63, 3.8) is 0 Å². The highest BCUT2D eigenvalue weighted by Gasteiger charge is 2.20. The van der Waals surface area contributed by atoms with Gasteiger partial charge in [-0.15, -0.1) is 0 Å². The van der Waals surface area contributed by atoms with Gasteiger partial charge in [-0.2, -0.15) is 0 Å². The molecule has 1 aromatic carbocycles. The van der Waals surface area contributed by atoms with Gasteiger partial charge in [-0.3, -0.25) is 0 Å². The van der Waals surface area contributed by atoms with Crippen molar-refractivity contribution in [2.24, 2.45) is 0 Å². The number of methoxy groups -OCH3 is 1. The maximum Gasteiger partial charge on any atom is 0.119 e. The van der Waals surface area contributed by atoms with Crippen LogP contribution in [0, 0.1) is 0 Å². The van der Waals surface area contributed by atoms with Crippen LogP contribution in [0.5, 0.6) is 11.5 Å². The number of hydrogen-bond acceptors (Lipinski definition) is 5. The van der Waals surface area contributed by atoms with Crippen molar-refractivity contribution in [1.82, 2.24) is 10.2 Å². The molecule has 2 N–H and O–H groups in total.